The van der Waals surface area contributed by atoms with Crippen LogP contribution in [0.4, 0.5) is 17.6 Å². The molecule has 0 radical (unpaired) electrons. The number of sulfonamides is 1. The molecule has 0 saturated carbocycles. The molecular formula is C27H18F4N4O4S. The van der Waals surface area contributed by atoms with Gasteiger partial charge in [0.15, 0.2) is 5.03 Å². The Balaban J connectivity index is 1.83. The number of carbonyl (C=O) groups is 1. The summed E-state index contributed by atoms with van der Waals surface area (Å²) in [7, 11) is -4.55. The molecule has 3 aromatic heterocycles. The van der Waals surface area contributed by atoms with Crippen LogP contribution in [-0.4, -0.2) is 28.9 Å². The number of fused-ring (bicyclic) bond motifs is 1. The van der Waals surface area contributed by atoms with Gasteiger partial charge in [-0.05, 0) is 48.5 Å². The molecule has 2 aromatic carbocycles. The number of aromatic nitrogens is 3. The molecule has 0 saturated heterocycles. The first-order valence-corrected chi connectivity index (χ1v) is 13.1. The highest BCUT2D eigenvalue weighted by molar-refractivity contribution is 7.90. The molecule has 204 valence electrons. The monoisotopic (exact) mass is 570 g/mol. The van der Waals surface area contributed by atoms with Crippen LogP contribution in [-0.2, 0) is 22.7 Å². The molecule has 2 N–H and O–H groups in total. The number of carbonyl (C=O) groups excluding carboxylic acids is 1. The van der Waals surface area contributed by atoms with Gasteiger partial charge in [0.25, 0.3) is 21.5 Å². The summed E-state index contributed by atoms with van der Waals surface area (Å²) < 4.78 is 84.9. The van der Waals surface area contributed by atoms with Crippen molar-refractivity contribution < 1.29 is 30.8 Å². The summed E-state index contributed by atoms with van der Waals surface area (Å²) in [6, 6.07) is 14.8. The second kappa shape index (κ2) is 10.1. The quantitative estimate of drug-likeness (QED) is 0.287. The summed E-state index contributed by atoms with van der Waals surface area (Å²) in [5, 5.41) is -0.651. The maximum atomic E-state index is 14.7. The Morgan fingerprint density at radius 2 is 1.75 bits per heavy atom. The third-order valence-electron chi connectivity index (χ3n) is 6.12. The number of halogens is 4. The van der Waals surface area contributed by atoms with Crippen molar-refractivity contribution in [2.45, 2.75) is 17.7 Å². The SMILES string of the molecule is O=C(NS(=O)(=O)c1ccccn1)c1c(-c2ccc[nH]c2=O)c2cc(C(F)(F)F)ccc2n1Cc1ccccc1F. The topological polar surface area (TPSA) is 114 Å². The van der Waals surface area contributed by atoms with E-state index in [0.29, 0.717) is 0 Å². The van der Waals surface area contributed by atoms with Crippen molar-refractivity contribution in [2.24, 2.45) is 0 Å². The molecule has 1 amide bonds. The Hall–Kier alpha value is -4.78. The Kier molecular flexibility index (Phi) is 6.75. The van der Waals surface area contributed by atoms with Gasteiger partial charge in [-0.2, -0.15) is 21.6 Å². The number of benzene rings is 2. The van der Waals surface area contributed by atoms with Gasteiger partial charge >= 0.3 is 6.18 Å². The molecule has 0 spiro atoms. The second-order valence-corrected chi connectivity index (χ2v) is 10.3. The smallest absolute Gasteiger partial charge is 0.331 e. The molecular weight excluding hydrogens is 552 g/mol. The molecule has 0 aliphatic heterocycles. The zero-order valence-corrected chi connectivity index (χ0v) is 21.1. The molecule has 13 heteroatoms. The predicted octanol–water partition coefficient (Wildman–Crippen LogP) is 4.72. The van der Waals surface area contributed by atoms with Crippen LogP contribution in [0.2, 0.25) is 0 Å². The van der Waals surface area contributed by atoms with Gasteiger partial charge in [0.05, 0.1) is 12.1 Å². The molecule has 0 aliphatic rings. The summed E-state index contributed by atoms with van der Waals surface area (Å²) in [4.78, 5) is 32.7. The number of nitrogens with zero attached hydrogens (tertiary/aromatic N) is 2. The van der Waals surface area contributed by atoms with E-state index in [1.165, 1.54) is 59.4 Å². The van der Waals surface area contributed by atoms with Crippen LogP contribution in [0.5, 0.6) is 0 Å². The number of hydrogen-bond acceptors (Lipinski definition) is 5. The van der Waals surface area contributed by atoms with Gasteiger partial charge in [0.2, 0.25) is 0 Å². The average molecular weight is 571 g/mol. The average Bonchev–Trinajstić information content (AvgIpc) is 3.23. The van der Waals surface area contributed by atoms with E-state index in [1.807, 2.05) is 4.72 Å². The zero-order chi connectivity index (χ0) is 28.7. The summed E-state index contributed by atoms with van der Waals surface area (Å²) in [5.41, 5.74) is -2.62. The van der Waals surface area contributed by atoms with E-state index in [0.717, 1.165) is 30.3 Å². The molecule has 3 heterocycles. The van der Waals surface area contributed by atoms with Gasteiger partial charge in [-0.3, -0.25) is 9.59 Å². The normalized spacial score (nSPS) is 12.0. The number of H-pyrrole nitrogens is 1. The summed E-state index contributed by atoms with van der Waals surface area (Å²) in [5.74, 6) is -1.92. The lowest BCUT2D eigenvalue weighted by atomic mass is 10.0. The standard InChI is InChI=1S/C27H18F4N4O4S/c28-20-8-2-1-6-16(20)15-35-21-11-10-17(27(29,30)31)14-19(21)23(18-7-5-13-33-25(18)36)24(35)26(37)34-40(38,39)22-9-3-4-12-32-22/h1-14H,15H2,(H,33,36)(H,34,37). The Bertz CT molecular complexity index is 1920. The first-order valence-electron chi connectivity index (χ1n) is 11.6. The van der Waals surface area contributed by atoms with Gasteiger partial charge in [0.1, 0.15) is 11.5 Å². The van der Waals surface area contributed by atoms with E-state index in [1.54, 1.807) is 0 Å². The van der Waals surface area contributed by atoms with E-state index in [9.17, 15) is 35.6 Å². The van der Waals surface area contributed by atoms with Crippen molar-refractivity contribution in [2.75, 3.05) is 0 Å². The number of alkyl halides is 3. The van der Waals surface area contributed by atoms with Crippen molar-refractivity contribution in [1.29, 1.82) is 0 Å². The van der Waals surface area contributed by atoms with Crippen molar-refractivity contribution in [3.05, 3.63) is 118 Å². The van der Waals surface area contributed by atoms with Crippen LogP contribution in [0, 0.1) is 5.82 Å². The van der Waals surface area contributed by atoms with Crippen LogP contribution in [0.3, 0.4) is 0 Å². The lowest BCUT2D eigenvalue weighted by molar-refractivity contribution is -0.137. The number of hydrogen-bond donors (Lipinski definition) is 2. The number of nitrogens with one attached hydrogen (secondary N) is 2. The van der Waals surface area contributed by atoms with Gasteiger partial charge in [-0.1, -0.05) is 24.3 Å². The molecule has 5 aromatic rings. The van der Waals surface area contributed by atoms with Crippen molar-refractivity contribution in [1.82, 2.24) is 19.3 Å². The summed E-state index contributed by atoms with van der Waals surface area (Å²) in [6.45, 7) is -0.369. The van der Waals surface area contributed by atoms with Gasteiger partial charge in [-0.15, -0.1) is 0 Å². The Morgan fingerprint density at radius 1 is 1.00 bits per heavy atom. The molecule has 0 bridgehead atoms. The zero-order valence-electron chi connectivity index (χ0n) is 20.2. The Morgan fingerprint density at radius 3 is 2.42 bits per heavy atom. The van der Waals surface area contributed by atoms with E-state index in [-0.39, 0.29) is 34.1 Å². The summed E-state index contributed by atoms with van der Waals surface area (Å²) in [6.07, 6.45) is -2.29. The highest BCUT2D eigenvalue weighted by atomic mass is 32.2. The van der Waals surface area contributed by atoms with E-state index in [2.05, 4.69) is 9.97 Å². The second-order valence-electron chi connectivity index (χ2n) is 8.65. The van der Waals surface area contributed by atoms with Crippen LogP contribution in [0.15, 0.2) is 95.0 Å². The van der Waals surface area contributed by atoms with Crippen molar-refractivity contribution >= 4 is 26.8 Å². The Labute approximate surface area is 224 Å². The van der Waals surface area contributed by atoms with E-state index in [4.69, 9.17) is 0 Å². The molecule has 0 atom stereocenters. The number of pyridine rings is 2. The largest absolute Gasteiger partial charge is 0.416 e. The lowest BCUT2D eigenvalue weighted by Crippen LogP contribution is -2.33. The highest BCUT2D eigenvalue weighted by Crippen LogP contribution is 2.38. The predicted molar refractivity (Wildman–Crippen MR) is 137 cm³/mol. The molecule has 0 unspecified atom stereocenters. The van der Waals surface area contributed by atoms with Gasteiger partial charge in [0, 0.05) is 40.0 Å². The van der Waals surface area contributed by atoms with Crippen LogP contribution in [0.25, 0.3) is 22.0 Å². The molecule has 8 nitrogen and oxygen atoms in total. The number of aromatic amines is 1. The first kappa shape index (κ1) is 26.8. The molecule has 0 aliphatic carbocycles. The van der Waals surface area contributed by atoms with Gasteiger partial charge in [-0.25, -0.2) is 14.1 Å². The summed E-state index contributed by atoms with van der Waals surface area (Å²) >= 11 is 0. The van der Waals surface area contributed by atoms with Crippen LogP contribution < -0.4 is 10.3 Å². The minimum atomic E-state index is -4.77. The van der Waals surface area contributed by atoms with Crippen LogP contribution in [0.1, 0.15) is 21.6 Å². The first-order chi connectivity index (χ1) is 19.0. The van der Waals surface area contributed by atoms with Crippen LogP contribution >= 0.6 is 0 Å². The van der Waals surface area contributed by atoms with Gasteiger partial charge < -0.3 is 9.55 Å². The van der Waals surface area contributed by atoms with Crippen molar-refractivity contribution in [3.8, 4) is 11.1 Å². The van der Waals surface area contributed by atoms with Crippen molar-refractivity contribution in [3.63, 3.8) is 0 Å². The number of rotatable bonds is 6. The third kappa shape index (κ3) is 4.98. The molecule has 40 heavy (non-hydrogen) atoms. The fraction of sp³-hybridized carbons (Fsp3) is 0.0741. The van der Waals surface area contributed by atoms with E-state index < -0.39 is 49.8 Å². The fourth-order valence-electron chi connectivity index (χ4n) is 4.35. The highest BCUT2D eigenvalue weighted by Gasteiger charge is 2.34. The fourth-order valence-corrected chi connectivity index (χ4v) is 5.25. The maximum absolute atomic E-state index is 14.7. The minimum absolute atomic E-state index is 0.0369. The third-order valence-corrected chi connectivity index (χ3v) is 7.37. The van der Waals surface area contributed by atoms with E-state index >= 15 is 0 Å². The minimum Gasteiger partial charge on any atom is -0.331 e. The maximum Gasteiger partial charge on any atom is 0.416 e. The number of amides is 1. The lowest BCUT2D eigenvalue weighted by Gasteiger charge is -2.13. The molecule has 5 rings (SSSR count). The molecule has 0 fully saturated rings.